The Bertz CT molecular complexity index is 526. The zero-order valence-corrected chi connectivity index (χ0v) is 10.9. The average Bonchev–Trinajstić information content (AvgIpc) is 3.04. The molecule has 0 bridgehead atoms. The van der Waals surface area contributed by atoms with Crippen LogP contribution in [-0.2, 0) is 6.42 Å². The number of fused-ring (bicyclic) bond motifs is 1. The largest absolute Gasteiger partial charge is 0.497 e. The fraction of sp³-hybridized carbons (Fsp3) is 0.533. The van der Waals surface area contributed by atoms with Crippen LogP contribution in [0.5, 0.6) is 5.75 Å². The lowest BCUT2D eigenvalue weighted by Crippen LogP contribution is -1.97. The summed E-state index contributed by atoms with van der Waals surface area (Å²) in [5, 5.41) is 0. The number of ether oxygens (including phenoxy) is 1. The highest BCUT2D eigenvalue weighted by atomic mass is 16.5. The predicted molar refractivity (Wildman–Crippen MR) is 72.9 cm³/mol. The number of benzene rings is 1. The topological polar surface area (TPSA) is 37.9 Å². The first-order valence-corrected chi connectivity index (χ1v) is 6.88. The van der Waals surface area contributed by atoms with Crippen molar-refractivity contribution in [2.24, 2.45) is 5.92 Å². The number of nitrogens with zero attached hydrogens (tertiary/aromatic N) is 1. The van der Waals surface area contributed by atoms with Gasteiger partial charge in [0.1, 0.15) is 11.6 Å². The molecular formula is C15H20N2O. The second-order valence-electron chi connectivity index (χ2n) is 5.26. The number of methoxy groups -OCH3 is 1. The maximum atomic E-state index is 5.23. The van der Waals surface area contributed by atoms with Crippen molar-refractivity contribution in [1.82, 2.24) is 9.97 Å². The zero-order valence-electron chi connectivity index (χ0n) is 10.9. The summed E-state index contributed by atoms with van der Waals surface area (Å²) in [5.74, 6) is 2.92. The molecule has 3 rings (SSSR count). The van der Waals surface area contributed by atoms with Crippen LogP contribution in [0.2, 0.25) is 0 Å². The quantitative estimate of drug-likeness (QED) is 0.890. The van der Waals surface area contributed by atoms with E-state index in [1.807, 2.05) is 18.2 Å². The zero-order chi connectivity index (χ0) is 12.4. The molecule has 0 amide bonds. The third kappa shape index (κ3) is 2.35. The van der Waals surface area contributed by atoms with Gasteiger partial charge in [-0.15, -0.1) is 0 Å². The molecule has 1 fully saturated rings. The Morgan fingerprint density at radius 3 is 2.94 bits per heavy atom. The number of imidazole rings is 1. The molecule has 1 aliphatic rings. The third-order valence-corrected chi connectivity index (χ3v) is 4.00. The van der Waals surface area contributed by atoms with Crippen LogP contribution in [0, 0.1) is 5.92 Å². The second kappa shape index (κ2) is 5.01. The number of hydrogen-bond acceptors (Lipinski definition) is 2. The number of rotatable bonds is 4. The molecule has 0 saturated heterocycles. The highest BCUT2D eigenvalue weighted by molar-refractivity contribution is 5.76. The van der Waals surface area contributed by atoms with Crippen LogP contribution in [0.25, 0.3) is 11.0 Å². The molecule has 1 saturated carbocycles. The lowest BCUT2D eigenvalue weighted by atomic mass is 10.0. The lowest BCUT2D eigenvalue weighted by Gasteiger charge is -2.05. The van der Waals surface area contributed by atoms with Gasteiger partial charge in [-0.3, -0.25) is 0 Å². The Morgan fingerprint density at radius 1 is 1.33 bits per heavy atom. The molecule has 0 spiro atoms. The van der Waals surface area contributed by atoms with Gasteiger partial charge in [-0.2, -0.15) is 0 Å². The normalized spacial score (nSPS) is 16.5. The Morgan fingerprint density at radius 2 is 2.17 bits per heavy atom. The molecule has 18 heavy (non-hydrogen) atoms. The Kier molecular flexibility index (Phi) is 3.22. The summed E-state index contributed by atoms with van der Waals surface area (Å²) < 4.78 is 5.23. The van der Waals surface area contributed by atoms with Gasteiger partial charge in [-0.25, -0.2) is 4.98 Å². The van der Waals surface area contributed by atoms with Gasteiger partial charge in [0.15, 0.2) is 0 Å². The Balaban J connectivity index is 1.72. The van der Waals surface area contributed by atoms with Crippen molar-refractivity contribution in [3.8, 4) is 5.75 Å². The molecule has 1 N–H and O–H groups in total. The van der Waals surface area contributed by atoms with E-state index in [9.17, 15) is 0 Å². The van der Waals surface area contributed by atoms with E-state index in [0.717, 1.165) is 34.9 Å². The van der Waals surface area contributed by atoms with Gasteiger partial charge in [0.25, 0.3) is 0 Å². The van der Waals surface area contributed by atoms with Crippen LogP contribution < -0.4 is 4.74 Å². The first-order chi connectivity index (χ1) is 8.85. The molecule has 0 aliphatic heterocycles. The number of aryl methyl sites for hydroxylation is 1. The number of nitrogens with one attached hydrogen (secondary N) is 1. The summed E-state index contributed by atoms with van der Waals surface area (Å²) in [6, 6.07) is 6.00. The van der Waals surface area contributed by atoms with Crippen LogP contribution in [0.3, 0.4) is 0 Å². The third-order valence-electron chi connectivity index (χ3n) is 4.00. The van der Waals surface area contributed by atoms with Crippen molar-refractivity contribution in [3.05, 3.63) is 24.0 Å². The monoisotopic (exact) mass is 244 g/mol. The fourth-order valence-electron chi connectivity index (χ4n) is 2.93. The van der Waals surface area contributed by atoms with E-state index >= 15 is 0 Å². The van der Waals surface area contributed by atoms with Gasteiger partial charge in [-0.1, -0.05) is 25.7 Å². The maximum Gasteiger partial charge on any atom is 0.121 e. The molecule has 1 heterocycles. The first-order valence-electron chi connectivity index (χ1n) is 6.88. The van der Waals surface area contributed by atoms with E-state index in [4.69, 9.17) is 4.74 Å². The van der Waals surface area contributed by atoms with E-state index in [2.05, 4.69) is 9.97 Å². The van der Waals surface area contributed by atoms with Crippen LogP contribution >= 0.6 is 0 Å². The first kappa shape index (κ1) is 11.6. The summed E-state index contributed by atoms with van der Waals surface area (Å²) >= 11 is 0. The van der Waals surface area contributed by atoms with Crippen molar-refractivity contribution >= 4 is 11.0 Å². The molecular weight excluding hydrogens is 224 g/mol. The molecule has 1 aromatic heterocycles. The molecule has 3 heteroatoms. The van der Waals surface area contributed by atoms with E-state index in [-0.39, 0.29) is 0 Å². The van der Waals surface area contributed by atoms with Crippen molar-refractivity contribution in [2.45, 2.75) is 38.5 Å². The smallest absolute Gasteiger partial charge is 0.121 e. The highest BCUT2D eigenvalue weighted by Crippen LogP contribution is 2.28. The van der Waals surface area contributed by atoms with Crippen LogP contribution in [-0.4, -0.2) is 17.1 Å². The number of aromatic nitrogens is 2. The summed E-state index contributed by atoms with van der Waals surface area (Å²) in [6.45, 7) is 0. The van der Waals surface area contributed by atoms with E-state index in [0.29, 0.717) is 0 Å². The molecule has 0 radical (unpaired) electrons. The summed E-state index contributed by atoms with van der Waals surface area (Å²) in [7, 11) is 1.69. The van der Waals surface area contributed by atoms with Crippen LogP contribution in [0.15, 0.2) is 18.2 Å². The minimum atomic E-state index is 0.883. The Hall–Kier alpha value is -1.51. The minimum Gasteiger partial charge on any atom is -0.497 e. The Labute approximate surface area is 108 Å². The average molecular weight is 244 g/mol. The van der Waals surface area contributed by atoms with Crippen molar-refractivity contribution < 1.29 is 4.74 Å². The standard InChI is InChI=1S/C15H20N2O/c1-18-12-7-8-13-14(10-12)17-15(16-13)9-6-11-4-2-3-5-11/h7-8,10-11H,2-6,9H2,1H3,(H,16,17). The highest BCUT2D eigenvalue weighted by Gasteiger charge is 2.15. The fourth-order valence-corrected chi connectivity index (χ4v) is 2.93. The maximum absolute atomic E-state index is 5.23. The molecule has 1 aliphatic carbocycles. The van der Waals surface area contributed by atoms with E-state index < -0.39 is 0 Å². The minimum absolute atomic E-state index is 0.883. The van der Waals surface area contributed by atoms with Gasteiger partial charge in [-0.05, 0) is 24.5 Å². The summed E-state index contributed by atoms with van der Waals surface area (Å²) in [4.78, 5) is 8.04. The molecule has 2 aromatic rings. The predicted octanol–water partition coefficient (Wildman–Crippen LogP) is 3.69. The molecule has 0 atom stereocenters. The van der Waals surface area contributed by atoms with Gasteiger partial charge < -0.3 is 9.72 Å². The van der Waals surface area contributed by atoms with Crippen LogP contribution in [0.1, 0.15) is 37.9 Å². The van der Waals surface area contributed by atoms with Gasteiger partial charge >= 0.3 is 0 Å². The van der Waals surface area contributed by atoms with Crippen molar-refractivity contribution in [2.75, 3.05) is 7.11 Å². The second-order valence-corrected chi connectivity index (χ2v) is 5.26. The van der Waals surface area contributed by atoms with Crippen molar-refractivity contribution in [3.63, 3.8) is 0 Å². The van der Waals surface area contributed by atoms with E-state index in [1.54, 1.807) is 7.11 Å². The van der Waals surface area contributed by atoms with Gasteiger partial charge in [0.2, 0.25) is 0 Å². The summed E-state index contributed by atoms with van der Waals surface area (Å²) in [6.07, 6.45) is 8.00. The number of H-pyrrole nitrogens is 1. The molecule has 3 nitrogen and oxygen atoms in total. The van der Waals surface area contributed by atoms with E-state index in [1.165, 1.54) is 32.1 Å². The van der Waals surface area contributed by atoms with Crippen LogP contribution in [0.4, 0.5) is 0 Å². The van der Waals surface area contributed by atoms with Crippen molar-refractivity contribution in [1.29, 1.82) is 0 Å². The van der Waals surface area contributed by atoms with Gasteiger partial charge in [0, 0.05) is 12.5 Å². The van der Waals surface area contributed by atoms with Gasteiger partial charge in [0.05, 0.1) is 18.1 Å². The lowest BCUT2D eigenvalue weighted by molar-refractivity contribution is 0.415. The number of hydrogen-bond donors (Lipinski definition) is 1. The molecule has 96 valence electrons. The SMILES string of the molecule is COc1ccc2nc(CCC3CCCC3)[nH]c2c1. The number of aromatic amines is 1. The molecule has 0 unspecified atom stereocenters. The molecule has 1 aromatic carbocycles. The summed E-state index contributed by atoms with van der Waals surface area (Å²) in [5.41, 5.74) is 2.12.